The fraction of sp³-hybridized carbons (Fsp3) is 0.708. The predicted octanol–water partition coefficient (Wildman–Crippen LogP) is 6.20. The summed E-state index contributed by atoms with van der Waals surface area (Å²) in [6, 6.07) is 9.20. The zero-order valence-corrected chi connectivity index (χ0v) is 18.3. The Balaban J connectivity index is 1.94. The second-order valence-electron chi connectivity index (χ2n) is 10.5. The maximum Gasteiger partial charge on any atom is 0.410 e. The fourth-order valence-electron chi connectivity index (χ4n) is 5.10. The number of hydrogen-bond acceptors (Lipinski definition) is 2. The summed E-state index contributed by atoms with van der Waals surface area (Å²) < 4.78 is 5.79. The summed E-state index contributed by atoms with van der Waals surface area (Å²) in [4.78, 5) is 15.1. The van der Waals surface area contributed by atoms with Crippen molar-refractivity contribution in [3.8, 4) is 0 Å². The van der Waals surface area contributed by atoms with E-state index < -0.39 is 5.60 Å². The van der Waals surface area contributed by atoms with Gasteiger partial charge in [-0.15, -0.1) is 0 Å². The van der Waals surface area contributed by atoms with E-state index in [4.69, 9.17) is 4.74 Å². The molecule has 0 spiro atoms. The second-order valence-corrected chi connectivity index (χ2v) is 10.5. The Morgan fingerprint density at radius 2 is 1.63 bits per heavy atom. The minimum absolute atomic E-state index is 0.0889. The Hall–Kier alpha value is -1.51. The number of nitrogens with zero attached hydrogens (tertiary/aromatic N) is 1. The smallest absolute Gasteiger partial charge is 0.410 e. The number of rotatable bonds is 3. The normalized spacial score (nSPS) is 24.8. The molecule has 1 unspecified atom stereocenters. The molecular formula is C24H37NO2. The first kappa shape index (κ1) is 20.2. The Morgan fingerprint density at radius 3 is 2.07 bits per heavy atom. The Morgan fingerprint density at radius 1 is 1.04 bits per heavy atom. The Kier molecular flexibility index (Phi) is 4.89. The first-order chi connectivity index (χ1) is 12.5. The van der Waals surface area contributed by atoms with E-state index in [1.54, 1.807) is 0 Å². The van der Waals surface area contributed by atoms with Crippen molar-refractivity contribution in [2.45, 2.75) is 103 Å². The van der Waals surface area contributed by atoms with Crippen LogP contribution in [0, 0.1) is 0 Å². The van der Waals surface area contributed by atoms with Gasteiger partial charge in [-0.05, 0) is 69.4 Å². The van der Waals surface area contributed by atoms with Crippen LogP contribution >= 0.6 is 0 Å². The molecule has 0 bridgehead atoms. The van der Waals surface area contributed by atoms with Gasteiger partial charge in [-0.1, -0.05) is 52.0 Å². The third-order valence-corrected chi connectivity index (χ3v) is 6.63. The zero-order chi connectivity index (χ0) is 20.1. The number of ether oxygens (including phenoxy) is 1. The van der Waals surface area contributed by atoms with Gasteiger partial charge in [-0.3, -0.25) is 0 Å². The summed E-state index contributed by atoms with van der Waals surface area (Å²) in [7, 11) is 0. The van der Waals surface area contributed by atoms with Gasteiger partial charge in [-0.2, -0.15) is 0 Å². The van der Waals surface area contributed by atoms with E-state index in [-0.39, 0.29) is 22.5 Å². The molecule has 0 aromatic heterocycles. The van der Waals surface area contributed by atoms with Crippen LogP contribution in [0.3, 0.4) is 0 Å². The van der Waals surface area contributed by atoms with E-state index >= 15 is 0 Å². The van der Waals surface area contributed by atoms with Gasteiger partial charge in [0, 0.05) is 12.0 Å². The van der Waals surface area contributed by atoms with Gasteiger partial charge in [-0.25, -0.2) is 4.79 Å². The summed E-state index contributed by atoms with van der Waals surface area (Å²) in [5.74, 6) is 0. The summed E-state index contributed by atoms with van der Waals surface area (Å²) in [5.41, 5.74) is 2.44. The molecule has 0 radical (unpaired) electrons. The maximum absolute atomic E-state index is 13.0. The highest BCUT2D eigenvalue weighted by atomic mass is 16.6. The molecule has 1 atom stereocenters. The molecule has 1 saturated heterocycles. The number of amides is 1. The van der Waals surface area contributed by atoms with E-state index in [2.05, 4.69) is 56.9 Å². The number of carbonyl (C=O) groups excluding carboxylic acids is 1. The van der Waals surface area contributed by atoms with E-state index in [9.17, 15) is 4.79 Å². The zero-order valence-electron chi connectivity index (χ0n) is 18.3. The molecule has 2 aliphatic rings. The van der Waals surface area contributed by atoms with Crippen LogP contribution in [0.15, 0.2) is 24.3 Å². The average Bonchev–Trinajstić information content (AvgIpc) is 3.26. The lowest BCUT2D eigenvalue weighted by Gasteiger charge is -2.45. The maximum atomic E-state index is 13.0. The number of likely N-dealkylation sites (tertiary alicyclic amines) is 1. The molecular weight excluding hydrogens is 334 g/mol. The van der Waals surface area contributed by atoms with E-state index in [1.807, 2.05) is 20.8 Å². The number of carbonyl (C=O) groups is 1. The van der Waals surface area contributed by atoms with Gasteiger partial charge in [0.1, 0.15) is 5.60 Å². The molecule has 1 aliphatic carbocycles. The van der Waals surface area contributed by atoms with Gasteiger partial charge in [0.25, 0.3) is 0 Å². The summed E-state index contributed by atoms with van der Waals surface area (Å²) in [5, 5.41) is 0. The molecule has 1 aliphatic heterocycles. The molecule has 3 rings (SSSR count). The molecule has 1 heterocycles. The van der Waals surface area contributed by atoms with Crippen molar-refractivity contribution < 1.29 is 9.53 Å². The molecule has 1 aromatic carbocycles. The van der Waals surface area contributed by atoms with Gasteiger partial charge in [0.05, 0.1) is 5.54 Å². The van der Waals surface area contributed by atoms with Gasteiger partial charge in [0.15, 0.2) is 0 Å². The number of hydrogen-bond donors (Lipinski definition) is 0. The van der Waals surface area contributed by atoms with Crippen LogP contribution in [0.4, 0.5) is 4.79 Å². The van der Waals surface area contributed by atoms with Crippen molar-refractivity contribution in [1.29, 1.82) is 0 Å². The lowest BCUT2D eigenvalue weighted by Crippen LogP contribution is -2.56. The van der Waals surface area contributed by atoms with Gasteiger partial charge < -0.3 is 9.64 Å². The fourth-order valence-corrected chi connectivity index (χ4v) is 5.10. The molecule has 3 heteroatoms. The van der Waals surface area contributed by atoms with Crippen LogP contribution in [0.1, 0.15) is 91.7 Å². The molecule has 150 valence electrons. The van der Waals surface area contributed by atoms with E-state index in [0.29, 0.717) is 0 Å². The van der Waals surface area contributed by atoms with E-state index in [1.165, 1.54) is 11.1 Å². The standard InChI is InChI=1S/C24H37NO2/c1-8-24(14-9-17-25(24)20(26)27-22(5,6)7)23(15-16-23)19-12-10-18(11-13-19)21(2,3)4/h10-13H,8-9,14-17H2,1-7H3. The van der Waals surface area contributed by atoms with Crippen molar-refractivity contribution >= 4 is 6.09 Å². The minimum atomic E-state index is -0.454. The summed E-state index contributed by atoms with van der Waals surface area (Å²) in [6.45, 7) is 15.7. The van der Waals surface area contributed by atoms with Gasteiger partial charge >= 0.3 is 6.09 Å². The van der Waals surface area contributed by atoms with Crippen molar-refractivity contribution in [1.82, 2.24) is 4.90 Å². The van der Waals surface area contributed by atoms with Crippen LogP contribution < -0.4 is 0 Å². The quantitative estimate of drug-likeness (QED) is 0.633. The lowest BCUT2D eigenvalue weighted by atomic mass is 9.72. The van der Waals surface area contributed by atoms with Crippen molar-refractivity contribution in [2.24, 2.45) is 0 Å². The Labute approximate surface area is 165 Å². The van der Waals surface area contributed by atoms with Crippen molar-refractivity contribution in [3.63, 3.8) is 0 Å². The molecule has 27 heavy (non-hydrogen) atoms. The SMILES string of the molecule is CCC1(C2(c3ccc(C(C)(C)C)cc3)CC2)CCCN1C(=O)OC(C)(C)C. The third kappa shape index (κ3) is 3.50. The predicted molar refractivity (Wildman–Crippen MR) is 111 cm³/mol. The molecule has 0 N–H and O–H groups in total. The summed E-state index contributed by atoms with van der Waals surface area (Å²) in [6.07, 6.45) is 5.30. The lowest BCUT2D eigenvalue weighted by molar-refractivity contribution is -0.00145. The van der Waals surface area contributed by atoms with Crippen LogP contribution in [-0.2, 0) is 15.6 Å². The molecule has 2 fully saturated rings. The topological polar surface area (TPSA) is 29.5 Å². The Bertz CT molecular complexity index is 689. The highest BCUT2D eigenvalue weighted by molar-refractivity contribution is 5.70. The van der Waals surface area contributed by atoms with Crippen LogP contribution in [0.25, 0.3) is 0 Å². The molecule has 1 aromatic rings. The van der Waals surface area contributed by atoms with Crippen LogP contribution in [-0.4, -0.2) is 28.7 Å². The minimum Gasteiger partial charge on any atom is -0.444 e. The first-order valence-corrected chi connectivity index (χ1v) is 10.6. The molecule has 1 amide bonds. The third-order valence-electron chi connectivity index (χ3n) is 6.63. The van der Waals surface area contributed by atoms with Gasteiger partial charge in [0.2, 0.25) is 0 Å². The monoisotopic (exact) mass is 371 g/mol. The van der Waals surface area contributed by atoms with Crippen molar-refractivity contribution in [2.75, 3.05) is 6.54 Å². The second kappa shape index (κ2) is 6.53. The highest BCUT2D eigenvalue weighted by Crippen LogP contribution is 2.62. The average molecular weight is 372 g/mol. The van der Waals surface area contributed by atoms with Crippen molar-refractivity contribution in [3.05, 3.63) is 35.4 Å². The molecule has 3 nitrogen and oxygen atoms in total. The largest absolute Gasteiger partial charge is 0.444 e. The van der Waals surface area contributed by atoms with E-state index in [0.717, 1.165) is 38.6 Å². The summed E-state index contributed by atoms with van der Waals surface area (Å²) >= 11 is 0. The number of benzene rings is 1. The highest BCUT2D eigenvalue weighted by Gasteiger charge is 2.64. The van der Waals surface area contributed by atoms with Crippen LogP contribution in [0.2, 0.25) is 0 Å². The van der Waals surface area contributed by atoms with Crippen LogP contribution in [0.5, 0.6) is 0 Å². The molecule has 1 saturated carbocycles. The first-order valence-electron chi connectivity index (χ1n) is 10.6.